The third-order valence-electron chi connectivity index (χ3n) is 4.34. The normalized spacial score (nSPS) is 18.6. The van der Waals surface area contributed by atoms with E-state index in [1.54, 1.807) is 6.92 Å². The molecule has 1 aromatic carbocycles. The monoisotopic (exact) mass is 261 g/mol. The van der Waals surface area contributed by atoms with Gasteiger partial charge in [-0.1, -0.05) is 30.7 Å². The van der Waals surface area contributed by atoms with Crippen molar-refractivity contribution < 1.29 is 9.90 Å². The van der Waals surface area contributed by atoms with Gasteiger partial charge in [-0.2, -0.15) is 0 Å². The van der Waals surface area contributed by atoms with Gasteiger partial charge >= 0.3 is 5.97 Å². The molecule has 0 saturated heterocycles. The minimum Gasteiger partial charge on any atom is -0.481 e. The fourth-order valence-corrected chi connectivity index (χ4v) is 2.45. The standard InChI is InChI=1S/C16H23NO2/c1-11(16(18)19)14-8-6-13(7-9-14)10-17-12(2)15-4-3-5-15/h6-9,11-12,15,17H,3-5,10H2,1-2H3,(H,18,19). The van der Waals surface area contributed by atoms with Crippen LogP contribution in [0.4, 0.5) is 0 Å². The van der Waals surface area contributed by atoms with Crippen molar-refractivity contribution in [3.63, 3.8) is 0 Å². The molecule has 3 heteroatoms. The van der Waals surface area contributed by atoms with E-state index in [1.807, 2.05) is 24.3 Å². The van der Waals surface area contributed by atoms with E-state index in [9.17, 15) is 4.79 Å². The molecule has 1 aliphatic rings. The van der Waals surface area contributed by atoms with Gasteiger partial charge in [0.2, 0.25) is 0 Å². The molecular weight excluding hydrogens is 238 g/mol. The summed E-state index contributed by atoms with van der Waals surface area (Å²) < 4.78 is 0. The minimum atomic E-state index is -0.774. The van der Waals surface area contributed by atoms with Crippen molar-refractivity contribution in [3.8, 4) is 0 Å². The van der Waals surface area contributed by atoms with Crippen molar-refractivity contribution in [2.45, 2.75) is 51.6 Å². The van der Waals surface area contributed by atoms with Gasteiger partial charge in [-0.3, -0.25) is 4.79 Å². The average Bonchev–Trinajstić information content (AvgIpc) is 2.34. The predicted octanol–water partition coefficient (Wildman–Crippen LogP) is 3.15. The van der Waals surface area contributed by atoms with Crippen molar-refractivity contribution in [1.29, 1.82) is 0 Å². The number of hydrogen-bond acceptors (Lipinski definition) is 2. The Labute approximate surface area is 115 Å². The smallest absolute Gasteiger partial charge is 0.310 e. The molecule has 2 unspecified atom stereocenters. The van der Waals surface area contributed by atoms with Crippen LogP contribution in [0.2, 0.25) is 0 Å². The van der Waals surface area contributed by atoms with Gasteiger partial charge < -0.3 is 10.4 Å². The Kier molecular flexibility index (Phi) is 4.59. The highest BCUT2D eigenvalue weighted by Gasteiger charge is 2.23. The summed E-state index contributed by atoms with van der Waals surface area (Å²) in [6, 6.07) is 8.46. The lowest BCUT2D eigenvalue weighted by molar-refractivity contribution is -0.138. The lowest BCUT2D eigenvalue weighted by Gasteiger charge is -2.32. The van der Waals surface area contributed by atoms with E-state index in [4.69, 9.17) is 5.11 Å². The van der Waals surface area contributed by atoms with Crippen LogP contribution < -0.4 is 5.32 Å². The second-order valence-corrected chi connectivity index (χ2v) is 5.66. The van der Waals surface area contributed by atoms with Crippen molar-refractivity contribution in [1.82, 2.24) is 5.32 Å². The minimum absolute atomic E-state index is 0.434. The van der Waals surface area contributed by atoms with E-state index < -0.39 is 11.9 Å². The first kappa shape index (κ1) is 14.1. The van der Waals surface area contributed by atoms with E-state index in [0.29, 0.717) is 6.04 Å². The number of rotatable bonds is 6. The SMILES string of the molecule is CC(C(=O)O)c1ccc(CNC(C)C2CCC2)cc1. The summed E-state index contributed by atoms with van der Waals surface area (Å²) in [5.41, 5.74) is 2.08. The predicted molar refractivity (Wildman–Crippen MR) is 76.1 cm³/mol. The Balaban J connectivity index is 1.86. The fraction of sp³-hybridized carbons (Fsp3) is 0.562. The zero-order chi connectivity index (χ0) is 13.8. The van der Waals surface area contributed by atoms with Gasteiger partial charge in [-0.05, 0) is 43.7 Å². The first-order chi connectivity index (χ1) is 9.08. The first-order valence-electron chi connectivity index (χ1n) is 7.13. The van der Waals surface area contributed by atoms with Crippen LogP contribution in [0.1, 0.15) is 50.2 Å². The van der Waals surface area contributed by atoms with Crippen LogP contribution in [-0.4, -0.2) is 17.1 Å². The summed E-state index contributed by atoms with van der Waals surface area (Å²) in [7, 11) is 0. The molecule has 2 N–H and O–H groups in total. The number of carboxylic acids is 1. The largest absolute Gasteiger partial charge is 0.481 e. The molecule has 1 saturated carbocycles. The molecule has 2 atom stereocenters. The van der Waals surface area contributed by atoms with Crippen LogP contribution in [0.5, 0.6) is 0 Å². The van der Waals surface area contributed by atoms with Crippen LogP contribution in [-0.2, 0) is 11.3 Å². The third-order valence-corrected chi connectivity index (χ3v) is 4.34. The van der Waals surface area contributed by atoms with E-state index >= 15 is 0 Å². The number of hydrogen-bond donors (Lipinski definition) is 2. The summed E-state index contributed by atoms with van der Waals surface area (Å²) >= 11 is 0. The highest BCUT2D eigenvalue weighted by molar-refractivity contribution is 5.75. The fourth-order valence-electron chi connectivity index (χ4n) is 2.45. The van der Waals surface area contributed by atoms with Crippen molar-refractivity contribution >= 4 is 5.97 Å². The molecule has 2 rings (SSSR count). The van der Waals surface area contributed by atoms with E-state index in [0.717, 1.165) is 18.0 Å². The molecule has 0 aliphatic heterocycles. The maximum absolute atomic E-state index is 10.9. The lowest BCUT2D eigenvalue weighted by Crippen LogP contribution is -2.36. The van der Waals surface area contributed by atoms with Crippen LogP contribution >= 0.6 is 0 Å². The van der Waals surface area contributed by atoms with Crippen molar-refractivity contribution in [2.24, 2.45) is 5.92 Å². The van der Waals surface area contributed by atoms with E-state index in [-0.39, 0.29) is 0 Å². The molecule has 1 fully saturated rings. The summed E-state index contributed by atoms with van der Waals surface area (Å²) in [6.07, 6.45) is 4.07. The molecule has 19 heavy (non-hydrogen) atoms. The topological polar surface area (TPSA) is 49.3 Å². The van der Waals surface area contributed by atoms with Crippen molar-refractivity contribution in [2.75, 3.05) is 0 Å². The summed E-state index contributed by atoms with van der Waals surface area (Å²) in [5.74, 6) is -0.369. The van der Waals surface area contributed by atoms with E-state index in [2.05, 4.69) is 12.2 Å². The maximum atomic E-state index is 10.9. The molecule has 1 aliphatic carbocycles. The van der Waals surface area contributed by atoms with Crippen LogP contribution in [0.3, 0.4) is 0 Å². The Hall–Kier alpha value is -1.35. The summed E-state index contributed by atoms with van der Waals surface area (Å²) in [4.78, 5) is 10.9. The third kappa shape index (κ3) is 3.57. The molecule has 1 aromatic rings. The van der Waals surface area contributed by atoms with E-state index in [1.165, 1.54) is 24.8 Å². The van der Waals surface area contributed by atoms with Gasteiger partial charge in [0.25, 0.3) is 0 Å². The van der Waals surface area contributed by atoms with Gasteiger partial charge in [0, 0.05) is 12.6 Å². The van der Waals surface area contributed by atoms with Gasteiger partial charge in [-0.25, -0.2) is 0 Å². The molecule has 0 bridgehead atoms. The maximum Gasteiger partial charge on any atom is 0.310 e. The highest BCUT2D eigenvalue weighted by Crippen LogP contribution is 2.29. The Morgan fingerprint density at radius 3 is 2.42 bits per heavy atom. The molecule has 3 nitrogen and oxygen atoms in total. The second kappa shape index (κ2) is 6.20. The summed E-state index contributed by atoms with van der Waals surface area (Å²) in [6.45, 7) is 4.83. The Morgan fingerprint density at radius 1 is 1.32 bits per heavy atom. The summed E-state index contributed by atoms with van der Waals surface area (Å²) in [5, 5.41) is 12.5. The Bertz CT molecular complexity index is 423. The van der Waals surface area contributed by atoms with Crippen LogP contribution in [0.15, 0.2) is 24.3 Å². The number of benzene rings is 1. The highest BCUT2D eigenvalue weighted by atomic mass is 16.4. The molecule has 0 spiro atoms. The van der Waals surface area contributed by atoms with Gasteiger partial charge in [0.05, 0.1) is 5.92 Å². The molecule has 0 amide bonds. The number of nitrogens with one attached hydrogen (secondary N) is 1. The zero-order valence-corrected chi connectivity index (χ0v) is 11.7. The molecule has 0 radical (unpaired) electrons. The molecule has 0 aromatic heterocycles. The number of aliphatic carboxylic acids is 1. The van der Waals surface area contributed by atoms with Gasteiger partial charge in [0.1, 0.15) is 0 Å². The van der Waals surface area contributed by atoms with Crippen LogP contribution in [0.25, 0.3) is 0 Å². The van der Waals surface area contributed by atoms with Crippen LogP contribution in [0, 0.1) is 5.92 Å². The Morgan fingerprint density at radius 2 is 1.95 bits per heavy atom. The lowest BCUT2D eigenvalue weighted by atomic mass is 9.80. The molecule has 0 heterocycles. The molecule has 104 valence electrons. The molecular formula is C16H23NO2. The number of carbonyl (C=O) groups is 1. The first-order valence-corrected chi connectivity index (χ1v) is 7.13. The second-order valence-electron chi connectivity index (χ2n) is 5.66. The quantitative estimate of drug-likeness (QED) is 0.827. The van der Waals surface area contributed by atoms with Gasteiger partial charge in [-0.15, -0.1) is 0 Å². The van der Waals surface area contributed by atoms with Gasteiger partial charge in [0.15, 0.2) is 0 Å². The zero-order valence-electron chi connectivity index (χ0n) is 11.7. The number of carboxylic acid groups (broad SMARTS) is 1. The average molecular weight is 261 g/mol. The van der Waals surface area contributed by atoms with Crippen molar-refractivity contribution in [3.05, 3.63) is 35.4 Å².